The summed E-state index contributed by atoms with van der Waals surface area (Å²) in [6, 6.07) is 17.8. The molecule has 0 atom stereocenters. The molecule has 24 heavy (non-hydrogen) atoms. The molecule has 1 heterocycles. The Balaban J connectivity index is 1.44. The molecule has 0 saturated carbocycles. The molecule has 0 unspecified atom stereocenters. The van der Waals surface area contributed by atoms with E-state index < -0.39 is 0 Å². The molecule has 122 valence electrons. The van der Waals surface area contributed by atoms with Gasteiger partial charge in [-0.1, -0.05) is 42.5 Å². The van der Waals surface area contributed by atoms with Gasteiger partial charge >= 0.3 is 6.03 Å². The van der Waals surface area contributed by atoms with Crippen molar-refractivity contribution >= 4 is 11.7 Å². The number of hydrogen-bond acceptors (Lipinski definition) is 2. The van der Waals surface area contributed by atoms with Crippen molar-refractivity contribution in [2.45, 2.75) is 13.0 Å². The van der Waals surface area contributed by atoms with E-state index in [2.05, 4.69) is 27.8 Å². The van der Waals surface area contributed by atoms with E-state index in [-0.39, 0.29) is 6.03 Å². The van der Waals surface area contributed by atoms with Gasteiger partial charge in [-0.3, -0.25) is 0 Å². The number of carbonyl (C=O) groups excluding carboxylic acids is 1. The summed E-state index contributed by atoms with van der Waals surface area (Å²) in [6.07, 6.45) is 6.29. The van der Waals surface area contributed by atoms with Crippen LogP contribution in [0.1, 0.15) is 6.42 Å². The Bertz CT molecular complexity index is 752. The zero-order valence-electron chi connectivity index (χ0n) is 13.4. The van der Waals surface area contributed by atoms with E-state index in [9.17, 15) is 4.79 Å². The van der Waals surface area contributed by atoms with Crippen molar-refractivity contribution < 1.29 is 4.79 Å². The average Bonchev–Trinajstić information content (AvgIpc) is 3.14. The lowest BCUT2D eigenvalue weighted by Crippen LogP contribution is -2.29. The largest absolute Gasteiger partial charge is 0.338 e. The van der Waals surface area contributed by atoms with Gasteiger partial charge in [-0.2, -0.15) is 0 Å². The van der Waals surface area contributed by atoms with Gasteiger partial charge in [0.15, 0.2) is 0 Å². The van der Waals surface area contributed by atoms with Crippen molar-refractivity contribution in [1.82, 2.24) is 14.9 Å². The molecule has 2 amide bonds. The third kappa shape index (κ3) is 4.46. The number of rotatable bonds is 6. The molecule has 1 aromatic heterocycles. The van der Waals surface area contributed by atoms with Gasteiger partial charge in [-0.25, -0.2) is 9.78 Å². The van der Waals surface area contributed by atoms with Crippen molar-refractivity contribution in [2.24, 2.45) is 0 Å². The fraction of sp³-hybridized carbons (Fsp3) is 0.158. The van der Waals surface area contributed by atoms with Crippen LogP contribution in [0.2, 0.25) is 0 Å². The highest BCUT2D eigenvalue weighted by Crippen LogP contribution is 2.20. The molecule has 5 nitrogen and oxygen atoms in total. The number of nitrogens with zero attached hydrogens (tertiary/aromatic N) is 2. The minimum absolute atomic E-state index is 0.187. The highest BCUT2D eigenvalue weighted by Gasteiger charge is 2.02. The number of urea groups is 1. The summed E-state index contributed by atoms with van der Waals surface area (Å²) in [4.78, 5) is 15.9. The first-order valence-corrected chi connectivity index (χ1v) is 7.97. The van der Waals surface area contributed by atoms with Gasteiger partial charge in [0.05, 0.1) is 6.33 Å². The second-order valence-corrected chi connectivity index (χ2v) is 5.48. The number of anilines is 1. The first-order chi connectivity index (χ1) is 11.8. The number of aryl methyl sites for hydroxylation is 1. The number of hydrogen-bond donors (Lipinski definition) is 2. The number of nitrogens with one attached hydrogen (secondary N) is 2. The quantitative estimate of drug-likeness (QED) is 0.679. The molecule has 0 saturated heterocycles. The molecule has 0 aliphatic carbocycles. The molecule has 0 spiro atoms. The number of benzene rings is 2. The zero-order chi connectivity index (χ0) is 16.6. The number of carbonyl (C=O) groups is 1. The Morgan fingerprint density at radius 1 is 1.00 bits per heavy atom. The molecular weight excluding hydrogens is 300 g/mol. The molecule has 0 aliphatic rings. The standard InChI is InChI=1S/C19H20N4O/c24-19(21-11-4-13-23-14-12-20-15-23)22-18-9-7-17(8-10-18)16-5-2-1-3-6-16/h1-3,5-10,12,14-15H,4,11,13H2,(H2,21,22,24). The maximum absolute atomic E-state index is 11.9. The van der Waals surface area contributed by atoms with Crippen LogP contribution in [0, 0.1) is 0 Å². The molecule has 3 aromatic rings. The maximum atomic E-state index is 11.9. The average molecular weight is 320 g/mol. The predicted molar refractivity (Wildman–Crippen MR) is 95.7 cm³/mol. The lowest BCUT2D eigenvalue weighted by atomic mass is 10.1. The Morgan fingerprint density at radius 2 is 1.75 bits per heavy atom. The fourth-order valence-electron chi connectivity index (χ4n) is 2.43. The smallest absolute Gasteiger partial charge is 0.319 e. The van der Waals surface area contributed by atoms with E-state index in [4.69, 9.17) is 0 Å². The molecule has 0 bridgehead atoms. The van der Waals surface area contributed by atoms with E-state index in [1.807, 2.05) is 53.2 Å². The molecule has 3 rings (SSSR count). The normalized spacial score (nSPS) is 10.3. The van der Waals surface area contributed by atoms with Gasteiger partial charge in [-0.05, 0) is 29.7 Å². The molecule has 0 aliphatic heterocycles. The van der Waals surface area contributed by atoms with Crippen molar-refractivity contribution in [1.29, 1.82) is 0 Å². The van der Waals surface area contributed by atoms with Crippen LogP contribution in [0.15, 0.2) is 73.3 Å². The van der Waals surface area contributed by atoms with E-state index in [0.717, 1.165) is 29.8 Å². The minimum atomic E-state index is -0.187. The first-order valence-electron chi connectivity index (χ1n) is 7.97. The molecule has 0 radical (unpaired) electrons. The second-order valence-electron chi connectivity index (χ2n) is 5.48. The van der Waals surface area contributed by atoms with E-state index in [0.29, 0.717) is 6.54 Å². The molecule has 5 heteroatoms. The van der Waals surface area contributed by atoms with Gasteiger partial charge in [0.25, 0.3) is 0 Å². The molecule has 0 fully saturated rings. The zero-order valence-corrected chi connectivity index (χ0v) is 13.4. The third-order valence-corrected chi connectivity index (χ3v) is 3.69. The van der Waals surface area contributed by atoms with Gasteiger partial charge in [-0.15, -0.1) is 0 Å². The predicted octanol–water partition coefficient (Wildman–Crippen LogP) is 3.76. The summed E-state index contributed by atoms with van der Waals surface area (Å²) < 4.78 is 1.99. The van der Waals surface area contributed by atoms with Crippen molar-refractivity contribution in [3.8, 4) is 11.1 Å². The van der Waals surface area contributed by atoms with Crippen LogP contribution in [0.5, 0.6) is 0 Å². The van der Waals surface area contributed by atoms with E-state index >= 15 is 0 Å². The molecular formula is C19H20N4O. The third-order valence-electron chi connectivity index (χ3n) is 3.69. The minimum Gasteiger partial charge on any atom is -0.338 e. The monoisotopic (exact) mass is 320 g/mol. The van der Waals surface area contributed by atoms with Crippen LogP contribution in [-0.4, -0.2) is 22.1 Å². The summed E-state index contributed by atoms with van der Waals surface area (Å²) in [5.74, 6) is 0. The SMILES string of the molecule is O=C(NCCCn1ccnc1)Nc1ccc(-c2ccccc2)cc1. The summed E-state index contributed by atoms with van der Waals surface area (Å²) >= 11 is 0. The first kappa shape index (κ1) is 15.8. The van der Waals surface area contributed by atoms with Crippen molar-refractivity contribution in [2.75, 3.05) is 11.9 Å². The highest BCUT2D eigenvalue weighted by atomic mass is 16.2. The summed E-state index contributed by atoms with van der Waals surface area (Å²) in [5, 5.41) is 5.70. The van der Waals surface area contributed by atoms with Crippen molar-refractivity contribution in [3.05, 3.63) is 73.3 Å². The van der Waals surface area contributed by atoms with E-state index in [1.54, 1.807) is 12.5 Å². The van der Waals surface area contributed by atoms with E-state index in [1.165, 1.54) is 0 Å². The molecule has 2 aromatic carbocycles. The lowest BCUT2D eigenvalue weighted by Gasteiger charge is -2.09. The van der Waals surface area contributed by atoms with Gasteiger partial charge in [0.1, 0.15) is 0 Å². The van der Waals surface area contributed by atoms with Gasteiger partial charge in [0, 0.05) is 31.2 Å². The summed E-state index contributed by atoms with van der Waals surface area (Å²) in [7, 11) is 0. The Hall–Kier alpha value is -3.08. The summed E-state index contributed by atoms with van der Waals surface area (Å²) in [6.45, 7) is 1.46. The maximum Gasteiger partial charge on any atom is 0.319 e. The van der Waals surface area contributed by atoms with Crippen LogP contribution in [0.3, 0.4) is 0 Å². The van der Waals surface area contributed by atoms with Crippen LogP contribution in [-0.2, 0) is 6.54 Å². The number of imidazole rings is 1. The highest BCUT2D eigenvalue weighted by molar-refractivity contribution is 5.89. The Labute approximate surface area is 141 Å². The van der Waals surface area contributed by atoms with Crippen LogP contribution in [0.4, 0.5) is 10.5 Å². The summed E-state index contributed by atoms with van der Waals surface area (Å²) in [5.41, 5.74) is 3.07. The van der Waals surface area contributed by atoms with Gasteiger partial charge < -0.3 is 15.2 Å². The molecule has 2 N–H and O–H groups in total. The second kappa shape index (κ2) is 7.97. The number of aromatic nitrogens is 2. The topological polar surface area (TPSA) is 59.0 Å². The van der Waals surface area contributed by atoms with Crippen LogP contribution < -0.4 is 10.6 Å². The fourth-order valence-corrected chi connectivity index (χ4v) is 2.43. The number of amides is 2. The van der Waals surface area contributed by atoms with Crippen LogP contribution in [0.25, 0.3) is 11.1 Å². The van der Waals surface area contributed by atoms with Crippen molar-refractivity contribution in [3.63, 3.8) is 0 Å². The Morgan fingerprint density at radius 3 is 2.46 bits per heavy atom. The van der Waals surface area contributed by atoms with Gasteiger partial charge in [0.2, 0.25) is 0 Å². The lowest BCUT2D eigenvalue weighted by molar-refractivity contribution is 0.252. The van der Waals surface area contributed by atoms with Crippen LogP contribution >= 0.6 is 0 Å². The Kier molecular flexibility index (Phi) is 5.24.